The number of nitrogens with zero attached hydrogens (tertiary/aromatic N) is 3. The first-order valence-electron chi connectivity index (χ1n) is 7.69. The summed E-state index contributed by atoms with van der Waals surface area (Å²) in [7, 11) is 0. The zero-order valence-electron chi connectivity index (χ0n) is 12.7. The lowest BCUT2D eigenvalue weighted by Crippen LogP contribution is -2.46. The van der Waals surface area contributed by atoms with Crippen LogP contribution in [-0.2, 0) is 6.54 Å². The van der Waals surface area contributed by atoms with Crippen molar-refractivity contribution in [2.24, 2.45) is 0 Å². The molecule has 0 aliphatic carbocycles. The molecule has 4 rings (SSSR count). The van der Waals surface area contributed by atoms with Crippen molar-refractivity contribution in [3.05, 3.63) is 46.5 Å². The SMILES string of the molecule is O=c1cc(N2CCN(Cc3cccc4c3OCO4)CC2)nc[nH]1. The molecule has 7 heteroatoms. The standard InChI is InChI=1S/C16H18N4O3/c21-15-8-14(17-10-18-15)20-6-4-19(5-7-20)9-12-2-1-3-13-16(12)23-11-22-13/h1-3,8,10H,4-7,9,11H2,(H,17,18,21). The van der Waals surface area contributed by atoms with Crippen LogP contribution in [0.1, 0.15) is 5.56 Å². The number of piperazine rings is 1. The van der Waals surface area contributed by atoms with E-state index in [2.05, 4.69) is 25.8 Å². The molecule has 1 aromatic heterocycles. The fraction of sp³-hybridized carbons (Fsp3) is 0.375. The van der Waals surface area contributed by atoms with Gasteiger partial charge in [-0.2, -0.15) is 0 Å². The molecule has 2 aliphatic heterocycles. The number of hydrogen-bond acceptors (Lipinski definition) is 6. The minimum absolute atomic E-state index is 0.116. The molecule has 23 heavy (non-hydrogen) atoms. The number of anilines is 1. The molecule has 1 N–H and O–H groups in total. The van der Waals surface area contributed by atoms with Gasteiger partial charge in [-0.25, -0.2) is 4.98 Å². The van der Waals surface area contributed by atoms with E-state index in [1.165, 1.54) is 6.33 Å². The van der Waals surface area contributed by atoms with Gasteiger partial charge < -0.3 is 19.4 Å². The highest BCUT2D eigenvalue weighted by atomic mass is 16.7. The van der Waals surface area contributed by atoms with Gasteiger partial charge in [-0.05, 0) is 6.07 Å². The van der Waals surface area contributed by atoms with E-state index < -0.39 is 0 Å². The van der Waals surface area contributed by atoms with Crippen molar-refractivity contribution in [3.63, 3.8) is 0 Å². The Balaban J connectivity index is 1.41. The van der Waals surface area contributed by atoms with Gasteiger partial charge in [0, 0.05) is 44.4 Å². The number of H-pyrrole nitrogens is 1. The highest BCUT2D eigenvalue weighted by Crippen LogP contribution is 2.36. The fourth-order valence-electron chi connectivity index (χ4n) is 3.02. The maximum absolute atomic E-state index is 11.4. The number of rotatable bonds is 3. The van der Waals surface area contributed by atoms with E-state index in [4.69, 9.17) is 9.47 Å². The summed E-state index contributed by atoms with van der Waals surface area (Å²) in [6.07, 6.45) is 1.45. The van der Waals surface area contributed by atoms with Crippen molar-refractivity contribution in [1.29, 1.82) is 0 Å². The van der Waals surface area contributed by atoms with Crippen molar-refractivity contribution in [3.8, 4) is 11.5 Å². The van der Waals surface area contributed by atoms with Crippen LogP contribution in [0, 0.1) is 0 Å². The summed E-state index contributed by atoms with van der Waals surface area (Å²) in [5.74, 6) is 2.44. The second kappa shape index (κ2) is 5.92. The summed E-state index contributed by atoms with van der Waals surface area (Å²) in [5.41, 5.74) is 1.04. The third kappa shape index (κ3) is 2.87. The minimum Gasteiger partial charge on any atom is -0.454 e. The Labute approximate surface area is 133 Å². The van der Waals surface area contributed by atoms with E-state index in [9.17, 15) is 4.79 Å². The van der Waals surface area contributed by atoms with E-state index in [1.807, 2.05) is 12.1 Å². The van der Waals surface area contributed by atoms with Crippen molar-refractivity contribution >= 4 is 5.82 Å². The van der Waals surface area contributed by atoms with Gasteiger partial charge in [-0.15, -0.1) is 0 Å². The molecular formula is C16H18N4O3. The molecule has 0 atom stereocenters. The Hall–Kier alpha value is -2.54. The molecule has 2 aromatic rings. The van der Waals surface area contributed by atoms with Gasteiger partial charge in [0.2, 0.25) is 6.79 Å². The smallest absolute Gasteiger partial charge is 0.252 e. The van der Waals surface area contributed by atoms with Gasteiger partial charge >= 0.3 is 0 Å². The predicted octanol–water partition coefficient (Wildman–Crippen LogP) is 0.821. The zero-order chi connectivity index (χ0) is 15.6. The Morgan fingerprint density at radius 2 is 2.04 bits per heavy atom. The number of para-hydroxylation sites is 1. The number of aromatic nitrogens is 2. The summed E-state index contributed by atoms with van der Waals surface area (Å²) in [4.78, 5) is 22.7. The first kappa shape index (κ1) is 14.1. The van der Waals surface area contributed by atoms with E-state index in [-0.39, 0.29) is 5.56 Å². The molecule has 0 saturated carbocycles. The van der Waals surface area contributed by atoms with Crippen molar-refractivity contribution in [1.82, 2.24) is 14.9 Å². The van der Waals surface area contributed by atoms with E-state index in [0.29, 0.717) is 6.79 Å². The molecule has 0 unspecified atom stereocenters. The summed E-state index contributed by atoms with van der Waals surface area (Å²) in [6, 6.07) is 7.56. The normalized spacial score (nSPS) is 17.5. The number of aromatic amines is 1. The quantitative estimate of drug-likeness (QED) is 0.904. The largest absolute Gasteiger partial charge is 0.454 e. The van der Waals surface area contributed by atoms with Crippen LogP contribution in [0.4, 0.5) is 5.82 Å². The molecule has 1 fully saturated rings. The zero-order valence-corrected chi connectivity index (χ0v) is 12.7. The molecule has 1 aromatic carbocycles. The predicted molar refractivity (Wildman–Crippen MR) is 84.9 cm³/mol. The van der Waals surface area contributed by atoms with Crippen molar-refractivity contribution in [2.75, 3.05) is 37.9 Å². The summed E-state index contributed by atoms with van der Waals surface area (Å²) < 4.78 is 11.0. The van der Waals surface area contributed by atoms with Crippen LogP contribution in [0.15, 0.2) is 35.4 Å². The van der Waals surface area contributed by atoms with Crippen LogP contribution in [0.2, 0.25) is 0 Å². The molecule has 120 valence electrons. The molecular weight excluding hydrogens is 296 g/mol. The lowest BCUT2D eigenvalue weighted by Gasteiger charge is -2.35. The number of nitrogens with one attached hydrogen (secondary N) is 1. The summed E-state index contributed by atoms with van der Waals surface area (Å²) in [6.45, 7) is 4.67. The summed E-state index contributed by atoms with van der Waals surface area (Å²) >= 11 is 0. The molecule has 0 spiro atoms. The average Bonchev–Trinajstić information content (AvgIpc) is 3.05. The average molecular weight is 314 g/mol. The third-order valence-corrected chi connectivity index (χ3v) is 4.23. The molecule has 0 bridgehead atoms. The Bertz CT molecular complexity index is 753. The molecule has 1 saturated heterocycles. The van der Waals surface area contributed by atoms with Crippen LogP contribution in [0.3, 0.4) is 0 Å². The highest BCUT2D eigenvalue weighted by Gasteiger charge is 2.22. The number of benzene rings is 1. The van der Waals surface area contributed by atoms with E-state index in [0.717, 1.165) is 55.6 Å². The van der Waals surface area contributed by atoms with Crippen LogP contribution in [-0.4, -0.2) is 47.8 Å². The Morgan fingerprint density at radius 3 is 2.87 bits per heavy atom. The van der Waals surface area contributed by atoms with Crippen LogP contribution in [0.25, 0.3) is 0 Å². The fourth-order valence-corrected chi connectivity index (χ4v) is 3.02. The van der Waals surface area contributed by atoms with Gasteiger partial charge in [0.1, 0.15) is 5.82 Å². The lowest BCUT2D eigenvalue weighted by molar-refractivity contribution is 0.171. The highest BCUT2D eigenvalue weighted by molar-refractivity contribution is 5.48. The summed E-state index contributed by atoms with van der Waals surface area (Å²) in [5, 5.41) is 0. The second-order valence-corrected chi connectivity index (χ2v) is 5.68. The topological polar surface area (TPSA) is 70.7 Å². The Kier molecular flexibility index (Phi) is 3.63. The molecule has 7 nitrogen and oxygen atoms in total. The molecule has 0 amide bonds. The first-order valence-corrected chi connectivity index (χ1v) is 7.69. The second-order valence-electron chi connectivity index (χ2n) is 5.68. The molecule has 0 radical (unpaired) electrons. The van der Waals surface area contributed by atoms with Crippen molar-refractivity contribution in [2.45, 2.75) is 6.54 Å². The minimum atomic E-state index is -0.116. The number of fused-ring (bicyclic) bond motifs is 1. The van der Waals surface area contributed by atoms with Crippen LogP contribution >= 0.6 is 0 Å². The van der Waals surface area contributed by atoms with E-state index in [1.54, 1.807) is 6.07 Å². The first-order chi connectivity index (χ1) is 11.3. The van der Waals surface area contributed by atoms with Gasteiger partial charge in [0.25, 0.3) is 5.56 Å². The Morgan fingerprint density at radius 1 is 1.17 bits per heavy atom. The van der Waals surface area contributed by atoms with Gasteiger partial charge in [-0.1, -0.05) is 12.1 Å². The molecule has 2 aliphatic rings. The number of hydrogen-bond donors (Lipinski definition) is 1. The maximum Gasteiger partial charge on any atom is 0.252 e. The van der Waals surface area contributed by atoms with Gasteiger partial charge in [-0.3, -0.25) is 9.69 Å². The van der Waals surface area contributed by atoms with Gasteiger partial charge in [0.15, 0.2) is 11.5 Å². The van der Waals surface area contributed by atoms with Gasteiger partial charge in [0.05, 0.1) is 6.33 Å². The van der Waals surface area contributed by atoms with Crippen LogP contribution in [0.5, 0.6) is 11.5 Å². The number of ether oxygens (including phenoxy) is 2. The maximum atomic E-state index is 11.4. The monoisotopic (exact) mass is 314 g/mol. The van der Waals surface area contributed by atoms with E-state index >= 15 is 0 Å². The van der Waals surface area contributed by atoms with Crippen LogP contribution < -0.4 is 19.9 Å². The molecule has 3 heterocycles. The lowest BCUT2D eigenvalue weighted by atomic mass is 10.1. The van der Waals surface area contributed by atoms with Crippen molar-refractivity contribution < 1.29 is 9.47 Å². The third-order valence-electron chi connectivity index (χ3n) is 4.23.